The summed E-state index contributed by atoms with van der Waals surface area (Å²) in [7, 11) is 0. The number of benzene rings is 1. The molecule has 76 valence electrons. The zero-order valence-corrected chi connectivity index (χ0v) is 8.52. The minimum atomic E-state index is 0.0324. The van der Waals surface area contributed by atoms with Gasteiger partial charge in [-0.05, 0) is 49.1 Å². The van der Waals surface area contributed by atoms with E-state index in [-0.39, 0.29) is 11.5 Å². The molecule has 0 saturated carbocycles. The first-order valence-corrected chi connectivity index (χ1v) is 4.86. The maximum atomic E-state index is 9.67. The van der Waals surface area contributed by atoms with E-state index in [1.807, 2.05) is 13.8 Å². The second kappa shape index (κ2) is 3.17. The van der Waals surface area contributed by atoms with E-state index < -0.39 is 0 Å². The van der Waals surface area contributed by atoms with Crippen LogP contribution in [0.15, 0.2) is 0 Å². The summed E-state index contributed by atoms with van der Waals surface area (Å²) in [6.45, 7) is 5.44. The molecule has 1 aliphatic heterocycles. The maximum Gasteiger partial charge on any atom is 0.161 e. The van der Waals surface area contributed by atoms with Crippen LogP contribution in [0.4, 0.5) is 0 Å². The molecule has 1 aromatic rings. The van der Waals surface area contributed by atoms with Gasteiger partial charge in [-0.1, -0.05) is 0 Å². The average Bonchev–Trinajstić information content (AvgIpc) is 2.23. The quantitative estimate of drug-likeness (QED) is 0.545. The summed E-state index contributed by atoms with van der Waals surface area (Å²) >= 11 is 0. The van der Waals surface area contributed by atoms with E-state index in [1.165, 1.54) is 5.56 Å². The fraction of sp³-hybridized carbons (Fsp3) is 0.455. The third kappa shape index (κ3) is 1.16. The lowest BCUT2D eigenvalue weighted by atomic mass is 9.91. The van der Waals surface area contributed by atoms with Gasteiger partial charge in [0, 0.05) is 6.54 Å². The second-order valence-electron chi connectivity index (χ2n) is 3.83. The van der Waals surface area contributed by atoms with Gasteiger partial charge in [0.05, 0.1) is 0 Å². The van der Waals surface area contributed by atoms with Crippen LogP contribution in [0.25, 0.3) is 0 Å². The molecule has 1 aromatic carbocycles. The Hall–Kier alpha value is -1.22. The van der Waals surface area contributed by atoms with Crippen LogP contribution in [0.5, 0.6) is 11.5 Å². The molecule has 0 aliphatic carbocycles. The predicted molar refractivity (Wildman–Crippen MR) is 54.7 cm³/mol. The molecular formula is C11H15NO2. The van der Waals surface area contributed by atoms with E-state index in [9.17, 15) is 10.2 Å². The molecule has 3 heteroatoms. The second-order valence-corrected chi connectivity index (χ2v) is 3.83. The minimum absolute atomic E-state index is 0.0324. The molecule has 1 aliphatic rings. The summed E-state index contributed by atoms with van der Waals surface area (Å²) in [5.41, 5.74) is 3.96. The Balaban J connectivity index is 2.71. The number of hydrogen-bond donors (Lipinski definition) is 3. The van der Waals surface area contributed by atoms with Gasteiger partial charge in [0.2, 0.25) is 0 Å². The van der Waals surface area contributed by atoms with Crippen molar-refractivity contribution < 1.29 is 10.2 Å². The molecule has 3 nitrogen and oxygen atoms in total. The van der Waals surface area contributed by atoms with Gasteiger partial charge in [-0.3, -0.25) is 0 Å². The van der Waals surface area contributed by atoms with Crippen LogP contribution in [0.2, 0.25) is 0 Å². The maximum absolute atomic E-state index is 9.67. The van der Waals surface area contributed by atoms with Gasteiger partial charge in [-0.15, -0.1) is 0 Å². The normalized spacial score (nSPS) is 15.3. The Morgan fingerprint density at radius 2 is 1.57 bits per heavy atom. The van der Waals surface area contributed by atoms with Crippen LogP contribution < -0.4 is 5.32 Å². The van der Waals surface area contributed by atoms with Crippen molar-refractivity contribution >= 4 is 0 Å². The van der Waals surface area contributed by atoms with Gasteiger partial charge in [0.1, 0.15) is 0 Å². The number of aromatic hydroxyl groups is 2. The summed E-state index contributed by atoms with van der Waals surface area (Å²) in [5.74, 6) is 0.0769. The van der Waals surface area contributed by atoms with Crippen molar-refractivity contribution in [1.29, 1.82) is 0 Å². The molecule has 0 aromatic heterocycles. The number of nitrogens with one attached hydrogen (secondary N) is 1. The number of rotatable bonds is 0. The van der Waals surface area contributed by atoms with Crippen LogP contribution >= 0.6 is 0 Å². The van der Waals surface area contributed by atoms with Crippen molar-refractivity contribution in [2.24, 2.45) is 0 Å². The van der Waals surface area contributed by atoms with E-state index in [4.69, 9.17) is 0 Å². The number of phenols is 2. The largest absolute Gasteiger partial charge is 0.504 e. The Labute approximate surface area is 83.4 Å². The van der Waals surface area contributed by atoms with Crippen molar-refractivity contribution in [2.75, 3.05) is 6.54 Å². The van der Waals surface area contributed by atoms with E-state index in [1.54, 1.807) is 0 Å². The molecule has 2 rings (SSSR count). The molecule has 0 amide bonds. The van der Waals surface area contributed by atoms with Crippen molar-refractivity contribution in [3.63, 3.8) is 0 Å². The zero-order valence-electron chi connectivity index (χ0n) is 8.52. The fourth-order valence-electron chi connectivity index (χ4n) is 2.10. The monoisotopic (exact) mass is 193 g/mol. The van der Waals surface area contributed by atoms with Crippen LogP contribution in [0.3, 0.4) is 0 Å². The zero-order chi connectivity index (χ0) is 10.3. The lowest BCUT2D eigenvalue weighted by molar-refractivity contribution is 0.395. The number of fused-ring (bicyclic) bond motifs is 1. The summed E-state index contributed by atoms with van der Waals surface area (Å²) in [6, 6.07) is 0. The molecular weight excluding hydrogens is 178 g/mol. The summed E-state index contributed by atoms with van der Waals surface area (Å²) in [5, 5.41) is 22.6. The Morgan fingerprint density at radius 1 is 1.00 bits per heavy atom. The fourth-order valence-corrected chi connectivity index (χ4v) is 2.10. The number of phenolic OH excluding ortho intramolecular Hbond substituents is 2. The molecule has 0 bridgehead atoms. The molecule has 3 N–H and O–H groups in total. The number of hydrogen-bond acceptors (Lipinski definition) is 3. The first kappa shape index (κ1) is 9.34. The standard InChI is InChI=1S/C11H15NO2/c1-6-8-3-4-12-5-9(8)7(2)11(14)10(6)13/h12-14H,3-5H2,1-2H3. The lowest BCUT2D eigenvalue weighted by Gasteiger charge is -2.23. The molecule has 0 atom stereocenters. The SMILES string of the molecule is Cc1c(O)c(O)c(C)c2c1CCNC2. The molecule has 0 fully saturated rings. The highest BCUT2D eigenvalue weighted by atomic mass is 16.3. The Kier molecular flexibility index (Phi) is 2.11. The third-order valence-corrected chi connectivity index (χ3v) is 3.06. The molecule has 0 spiro atoms. The van der Waals surface area contributed by atoms with Gasteiger partial charge >= 0.3 is 0 Å². The predicted octanol–water partition coefficient (Wildman–Crippen LogP) is 1.36. The van der Waals surface area contributed by atoms with Crippen molar-refractivity contribution in [2.45, 2.75) is 26.8 Å². The van der Waals surface area contributed by atoms with Crippen LogP contribution in [0, 0.1) is 13.8 Å². The molecule has 0 saturated heterocycles. The summed E-state index contributed by atoms with van der Waals surface area (Å²) in [6.07, 6.45) is 0.926. The van der Waals surface area contributed by atoms with Crippen molar-refractivity contribution in [1.82, 2.24) is 5.32 Å². The van der Waals surface area contributed by atoms with Crippen molar-refractivity contribution in [3.8, 4) is 11.5 Å². The first-order valence-electron chi connectivity index (χ1n) is 4.86. The minimum Gasteiger partial charge on any atom is -0.504 e. The highest BCUT2D eigenvalue weighted by molar-refractivity contribution is 5.58. The van der Waals surface area contributed by atoms with Gasteiger partial charge in [0.15, 0.2) is 11.5 Å². The molecule has 1 heterocycles. The van der Waals surface area contributed by atoms with Crippen LogP contribution in [-0.2, 0) is 13.0 Å². The summed E-state index contributed by atoms with van der Waals surface area (Å²) in [4.78, 5) is 0. The molecule has 14 heavy (non-hydrogen) atoms. The topological polar surface area (TPSA) is 52.5 Å². The van der Waals surface area contributed by atoms with Gasteiger partial charge in [0.25, 0.3) is 0 Å². The smallest absolute Gasteiger partial charge is 0.161 e. The van der Waals surface area contributed by atoms with E-state index in [0.29, 0.717) is 0 Å². The Bertz CT molecular complexity index is 349. The van der Waals surface area contributed by atoms with E-state index >= 15 is 0 Å². The highest BCUT2D eigenvalue weighted by Crippen LogP contribution is 2.38. The average molecular weight is 193 g/mol. The first-order chi connectivity index (χ1) is 6.63. The van der Waals surface area contributed by atoms with E-state index in [0.717, 1.165) is 36.2 Å². The third-order valence-electron chi connectivity index (χ3n) is 3.06. The lowest BCUT2D eigenvalue weighted by Crippen LogP contribution is -2.25. The summed E-state index contributed by atoms with van der Waals surface area (Å²) < 4.78 is 0. The molecule has 0 radical (unpaired) electrons. The molecule has 0 unspecified atom stereocenters. The van der Waals surface area contributed by atoms with Crippen LogP contribution in [0.1, 0.15) is 22.3 Å². The van der Waals surface area contributed by atoms with Crippen molar-refractivity contribution in [3.05, 3.63) is 22.3 Å². The van der Waals surface area contributed by atoms with Gasteiger partial charge in [-0.25, -0.2) is 0 Å². The van der Waals surface area contributed by atoms with E-state index in [2.05, 4.69) is 5.32 Å². The highest BCUT2D eigenvalue weighted by Gasteiger charge is 2.20. The van der Waals surface area contributed by atoms with Gasteiger partial charge in [-0.2, -0.15) is 0 Å². The van der Waals surface area contributed by atoms with Crippen LogP contribution in [-0.4, -0.2) is 16.8 Å². The Morgan fingerprint density at radius 3 is 2.21 bits per heavy atom. The van der Waals surface area contributed by atoms with Gasteiger partial charge < -0.3 is 15.5 Å².